The van der Waals surface area contributed by atoms with Crippen LogP contribution in [-0.4, -0.2) is 25.1 Å². The maximum absolute atomic E-state index is 10.3. The van der Waals surface area contributed by atoms with Gasteiger partial charge in [0.1, 0.15) is 0 Å². The van der Waals surface area contributed by atoms with E-state index in [9.17, 15) is 8.42 Å². The Kier molecular flexibility index (Phi) is 5.18. The lowest BCUT2D eigenvalue weighted by Crippen LogP contribution is -2.08. The number of rotatable bonds is 4. The minimum Gasteiger partial charge on any atom is -0.412 e. The topological polar surface area (TPSA) is 147 Å². The fourth-order valence-electron chi connectivity index (χ4n) is 1.10. The van der Waals surface area contributed by atoms with Gasteiger partial charge in [-0.3, -0.25) is 4.55 Å². The van der Waals surface area contributed by atoms with Crippen LogP contribution >= 0.6 is 0 Å². The van der Waals surface area contributed by atoms with E-state index in [1.807, 2.05) is 0 Å². The molecule has 0 unspecified atom stereocenters. The molecule has 7 N–H and O–H groups in total. The third kappa shape index (κ3) is 4.94. The van der Waals surface area contributed by atoms with Crippen LogP contribution in [0, 0.1) is 0 Å². The van der Waals surface area contributed by atoms with Crippen LogP contribution in [0.4, 0.5) is 11.4 Å². The van der Waals surface area contributed by atoms with Gasteiger partial charge in [-0.1, -0.05) is 0 Å². The monoisotopic (exact) mass is 250 g/mol. The van der Waals surface area contributed by atoms with Gasteiger partial charge in [0.25, 0.3) is 0 Å². The third-order valence-electron chi connectivity index (χ3n) is 1.77. The van der Waals surface area contributed by atoms with Crippen LogP contribution in [-0.2, 0) is 21.0 Å². The van der Waals surface area contributed by atoms with Crippen LogP contribution in [0.15, 0.2) is 18.2 Å². The Labute approximate surface area is 93.3 Å². The van der Waals surface area contributed by atoms with Crippen molar-refractivity contribution >= 4 is 21.8 Å². The predicted octanol–water partition coefficient (Wildman–Crippen LogP) is -0.612. The SMILES string of the molecule is Nc1ccc(N)c(CCOS(=O)(=O)O)c1.O. The molecule has 1 aromatic rings. The van der Waals surface area contributed by atoms with Crippen LogP contribution < -0.4 is 11.5 Å². The van der Waals surface area contributed by atoms with Gasteiger partial charge in [-0.05, 0) is 30.2 Å². The van der Waals surface area contributed by atoms with E-state index in [1.54, 1.807) is 18.2 Å². The van der Waals surface area contributed by atoms with Gasteiger partial charge in [0.15, 0.2) is 0 Å². The Bertz CT molecular complexity index is 446. The van der Waals surface area contributed by atoms with Crippen molar-refractivity contribution in [2.24, 2.45) is 0 Å². The summed E-state index contributed by atoms with van der Waals surface area (Å²) in [7, 11) is -4.39. The molecule has 1 aromatic carbocycles. The van der Waals surface area contributed by atoms with Crippen molar-refractivity contribution in [3.8, 4) is 0 Å². The van der Waals surface area contributed by atoms with Crippen molar-refractivity contribution in [3.05, 3.63) is 23.8 Å². The molecule has 0 aliphatic carbocycles. The highest BCUT2D eigenvalue weighted by atomic mass is 32.3. The van der Waals surface area contributed by atoms with Crippen LogP contribution in [0.3, 0.4) is 0 Å². The van der Waals surface area contributed by atoms with E-state index in [4.69, 9.17) is 16.0 Å². The molecule has 8 heteroatoms. The quantitative estimate of drug-likeness (QED) is 0.479. The molecule has 16 heavy (non-hydrogen) atoms. The van der Waals surface area contributed by atoms with Gasteiger partial charge in [-0.2, -0.15) is 8.42 Å². The number of anilines is 2. The maximum Gasteiger partial charge on any atom is 0.397 e. The molecule has 0 heterocycles. The molecule has 0 aliphatic rings. The molecule has 0 spiro atoms. The first-order valence-electron chi connectivity index (χ1n) is 4.14. The fourth-order valence-corrected chi connectivity index (χ4v) is 1.39. The lowest BCUT2D eigenvalue weighted by Gasteiger charge is -2.05. The maximum atomic E-state index is 10.3. The van der Waals surface area contributed by atoms with E-state index >= 15 is 0 Å². The molecule has 0 aromatic heterocycles. The molecule has 0 fully saturated rings. The lowest BCUT2D eigenvalue weighted by molar-refractivity contribution is 0.272. The van der Waals surface area contributed by atoms with Crippen molar-refractivity contribution in [2.75, 3.05) is 18.1 Å². The molecule has 0 atom stereocenters. The number of nitrogens with two attached hydrogens (primary N) is 2. The van der Waals surface area contributed by atoms with Crippen LogP contribution in [0.2, 0.25) is 0 Å². The summed E-state index contributed by atoms with van der Waals surface area (Å²) >= 11 is 0. The molecule has 7 nitrogen and oxygen atoms in total. The molecule has 92 valence electrons. The molecule has 0 saturated carbocycles. The Morgan fingerprint density at radius 1 is 1.31 bits per heavy atom. The van der Waals surface area contributed by atoms with E-state index in [1.165, 1.54) is 0 Å². The molecule has 0 amide bonds. The summed E-state index contributed by atoms with van der Waals surface area (Å²) in [5.41, 5.74) is 12.9. The van der Waals surface area contributed by atoms with Crippen LogP contribution in [0.25, 0.3) is 0 Å². The second-order valence-corrected chi connectivity index (χ2v) is 4.05. The van der Waals surface area contributed by atoms with Gasteiger partial charge in [-0.15, -0.1) is 0 Å². The zero-order chi connectivity index (χ0) is 11.5. The van der Waals surface area contributed by atoms with Crippen molar-refractivity contribution in [3.63, 3.8) is 0 Å². The van der Waals surface area contributed by atoms with Gasteiger partial charge >= 0.3 is 10.4 Å². The Morgan fingerprint density at radius 3 is 2.50 bits per heavy atom. The highest BCUT2D eigenvalue weighted by Crippen LogP contribution is 2.16. The van der Waals surface area contributed by atoms with Gasteiger partial charge in [0.2, 0.25) is 0 Å². The van der Waals surface area contributed by atoms with Crippen LogP contribution in [0.5, 0.6) is 0 Å². The predicted molar refractivity (Wildman–Crippen MR) is 60.1 cm³/mol. The van der Waals surface area contributed by atoms with Crippen molar-refractivity contribution in [1.29, 1.82) is 0 Å². The summed E-state index contributed by atoms with van der Waals surface area (Å²) < 4.78 is 33.0. The molecular weight excluding hydrogens is 236 g/mol. The van der Waals surface area contributed by atoms with E-state index in [2.05, 4.69) is 4.18 Å². The van der Waals surface area contributed by atoms with E-state index in [-0.39, 0.29) is 18.5 Å². The van der Waals surface area contributed by atoms with E-state index < -0.39 is 10.4 Å². The van der Waals surface area contributed by atoms with Crippen molar-refractivity contribution in [1.82, 2.24) is 0 Å². The number of nitrogen functional groups attached to an aromatic ring is 2. The Morgan fingerprint density at radius 2 is 1.94 bits per heavy atom. The van der Waals surface area contributed by atoms with Crippen molar-refractivity contribution in [2.45, 2.75) is 6.42 Å². The van der Waals surface area contributed by atoms with Crippen LogP contribution in [0.1, 0.15) is 5.56 Å². The molecule has 0 bridgehead atoms. The molecule has 0 aliphatic heterocycles. The smallest absolute Gasteiger partial charge is 0.397 e. The molecular formula is C8H14N2O5S. The highest BCUT2D eigenvalue weighted by molar-refractivity contribution is 7.80. The first kappa shape index (κ1) is 14.7. The second-order valence-electron chi connectivity index (χ2n) is 2.96. The van der Waals surface area contributed by atoms with Gasteiger partial charge in [0.05, 0.1) is 6.61 Å². The summed E-state index contributed by atoms with van der Waals surface area (Å²) in [6.45, 7) is -0.174. The zero-order valence-electron chi connectivity index (χ0n) is 8.38. The largest absolute Gasteiger partial charge is 0.412 e. The van der Waals surface area contributed by atoms with E-state index in [0.717, 1.165) is 0 Å². The van der Waals surface area contributed by atoms with Gasteiger partial charge < -0.3 is 16.9 Å². The standard InChI is InChI=1S/C8H12N2O4S.H2O/c9-7-1-2-8(10)6(5-7)3-4-14-15(11,12)13;/h1-2,5H,3-4,9-10H2,(H,11,12,13);1H2. The minimum absolute atomic E-state index is 0. The highest BCUT2D eigenvalue weighted by Gasteiger charge is 2.05. The number of hydrogen-bond donors (Lipinski definition) is 3. The first-order chi connectivity index (χ1) is 6.88. The average Bonchev–Trinajstić information content (AvgIpc) is 2.09. The first-order valence-corrected chi connectivity index (χ1v) is 5.51. The summed E-state index contributed by atoms with van der Waals surface area (Å²) in [6.07, 6.45) is 0.261. The Hall–Kier alpha value is -1.35. The average molecular weight is 250 g/mol. The minimum atomic E-state index is -4.39. The molecule has 0 radical (unpaired) electrons. The molecule has 0 saturated heterocycles. The summed E-state index contributed by atoms with van der Waals surface area (Å²) in [6, 6.07) is 4.89. The third-order valence-corrected chi connectivity index (χ3v) is 2.24. The number of hydrogen-bond acceptors (Lipinski definition) is 5. The van der Waals surface area contributed by atoms with E-state index in [0.29, 0.717) is 16.9 Å². The second kappa shape index (κ2) is 5.66. The Balaban J connectivity index is 0.00000225. The molecule has 1 rings (SSSR count). The lowest BCUT2D eigenvalue weighted by atomic mass is 10.1. The number of benzene rings is 1. The van der Waals surface area contributed by atoms with Crippen molar-refractivity contribution < 1.29 is 22.6 Å². The summed E-state index contributed by atoms with van der Waals surface area (Å²) in [5.74, 6) is 0. The van der Waals surface area contributed by atoms with Gasteiger partial charge in [0, 0.05) is 11.4 Å². The fraction of sp³-hybridized carbons (Fsp3) is 0.250. The van der Waals surface area contributed by atoms with Gasteiger partial charge in [-0.25, -0.2) is 4.18 Å². The normalized spacial score (nSPS) is 10.8. The zero-order valence-corrected chi connectivity index (χ0v) is 9.20. The summed E-state index contributed by atoms with van der Waals surface area (Å²) in [5, 5.41) is 0. The summed E-state index contributed by atoms with van der Waals surface area (Å²) in [4.78, 5) is 0.